The standard InChI is InChI=1S/C15H16BrNO2/c16-13-8-11(6-7-15(13)19)9-17-14(10-18)12-4-2-1-3-5-12/h1-8,14,17-19H,9-10H2/t14-/m1/s1. The highest BCUT2D eigenvalue weighted by atomic mass is 79.9. The van der Waals surface area contributed by atoms with Crippen LogP contribution in [0, 0.1) is 0 Å². The highest BCUT2D eigenvalue weighted by Gasteiger charge is 2.09. The molecule has 0 aliphatic carbocycles. The van der Waals surface area contributed by atoms with Crippen LogP contribution in [-0.2, 0) is 6.54 Å². The normalized spacial score (nSPS) is 12.3. The van der Waals surface area contributed by atoms with Crippen molar-refractivity contribution in [1.29, 1.82) is 0 Å². The lowest BCUT2D eigenvalue weighted by molar-refractivity contribution is 0.243. The van der Waals surface area contributed by atoms with Gasteiger partial charge in [-0.15, -0.1) is 0 Å². The number of phenols is 1. The molecule has 0 aliphatic heterocycles. The van der Waals surface area contributed by atoms with Gasteiger partial charge in [-0.1, -0.05) is 36.4 Å². The number of aliphatic hydroxyl groups is 1. The molecular weight excluding hydrogens is 306 g/mol. The summed E-state index contributed by atoms with van der Waals surface area (Å²) in [4.78, 5) is 0. The van der Waals surface area contributed by atoms with Crippen LogP contribution < -0.4 is 5.32 Å². The topological polar surface area (TPSA) is 52.5 Å². The van der Waals surface area contributed by atoms with Crippen LogP contribution in [-0.4, -0.2) is 16.8 Å². The molecule has 0 saturated heterocycles. The molecule has 4 heteroatoms. The summed E-state index contributed by atoms with van der Waals surface area (Å²) in [6, 6.07) is 15.1. The minimum Gasteiger partial charge on any atom is -0.507 e. The Kier molecular flexibility index (Phi) is 4.96. The highest BCUT2D eigenvalue weighted by Crippen LogP contribution is 2.24. The first-order valence-electron chi connectivity index (χ1n) is 6.07. The first-order valence-corrected chi connectivity index (χ1v) is 6.86. The third-order valence-electron chi connectivity index (χ3n) is 2.95. The van der Waals surface area contributed by atoms with Crippen molar-refractivity contribution in [2.45, 2.75) is 12.6 Å². The van der Waals surface area contributed by atoms with Crippen LogP contribution in [0.5, 0.6) is 5.75 Å². The average molecular weight is 322 g/mol. The lowest BCUT2D eigenvalue weighted by atomic mass is 10.1. The van der Waals surface area contributed by atoms with Crippen molar-refractivity contribution >= 4 is 15.9 Å². The van der Waals surface area contributed by atoms with Gasteiger partial charge in [-0.3, -0.25) is 0 Å². The van der Waals surface area contributed by atoms with Crippen molar-refractivity contribution in [3.05, 3.63) is 64.1 Å². The summed E-state index contributed by atoms with van der Waals surface area (Å²) in [5.41, 5.74) is 2.10. The second-order valence-corrected chi connectivity index (χ2v) is 5.17. The fourth-order valence-corrected chi connectivity index (χ4v) is 2.30. The summed E-state index contributed by atoms with van der Waals surface area (Å²) in [5, 5.41) is 22.2. The smallest absolute Gasteiger partial charge is 0.129 e. The molecule has 0 aliphatic rings. The van der Waals surface area contributed by atoms with E-state index in [0.29, 0.717) is 11.0 Å². The summed E-state index contributed by atoms with van der Waals surface area (Å²) in [6.07, 6.45) is 0. The van der Waals surface area contributed by atoms with Crippen LogP contribution in [0.2, 0.25) is 0 Å². The van der Waals surface area contributed by atoms with Crippen LogP contribution in [0.4, 0.5) is 0 Å². The zero-order valence-electron chi connectivity index (χ0n) is 10.4. The Balaban J connectivity index is 2.02. The molecule has 2 aromatic rings. The lowest BCUT2D eigenvalue weighted by Gasteiger charge is -2.17. The fourth-order valence-electron chi connectivity index (χ4n) is 1.87. The molecule has 0 fully saturated rings. The monoisotopic (exact) mass is 321 g/mol. The summed E-state index contributed by atoms with van der Waals surface area (Å²) >= 11 is 3.29. The van der Waals surface area contributed by atoms with E-state index in [9.17, 15) is 10.2 Å². The maximum absolute atomic E-state index is 9.44. The van der Waals surface area contributed by atoms with Crippen LogP contribution >= 0.6 is 15.9 Å². The molecule has 0 saturated carbocycles. The second kappa shape index (κ2) is 6.70. The molecule has 3 N–H and O–H groups in total. The van der Waals surface area contributed by atoms with Crippen LogP contribution in [0.3, 0.4) is 0 Å². The Morgan fingerprint density at radius 1 is 1.11 bits per heavy atom. The van der Waals surface area contributed by atoms with Gasteiger partial charge < -0.3 is 15.5 Å². The predicted molar refractivity (Wildman–Crippen MR) is 78.9 cm³/mol. The van der Waals surface area contributed by atoms with Crippen molar-refractivity contribution in [2.24, 2.45) is 0 Å². The molecule has 100 valence electrons. The number of hydrogen-bond acceptors (Lipinski definition) is 3. The molecule has 3 nitrogen and oxygen atoms in total. The summed E-state index contributed by atoms with van der Waals surface area (Å²) in [7, 11) is 0. The van der Waals surface area contributed by atoms with Gasteiger partial charge in [0.25, 0.3) is 0 Å². The quantitative estimate of drug-likeness (QED) is 0.793. The Morgan fingerprint density at radius 2 is 1.84 bits per heavy atom. The molecule has 0 aromatic heterocycles. The van der Waals surface area contributed by atoms with E-state index in [1.54, 1.807) is 6.07 Å². The van der Waals surface area contributed by atoms with Gasteiger partial charge in [-0.2, -0.15) is 0 Å². The average Bonchev–Trinajstić information content (AvgIpc) is 2.44. The van der Waals surface area contributed by atoms with Gasteiger partial charge in [0.05, 0.1) is 17.1 Å². The molecule has 0 spiro atoms. The molecule has 0 radical (unpaired) electrons. The maximum atomic E-state index is 9.44. The number of aromatic hydroxyl groups is 1. The molecule has 0 unspecified atom stereocenters. The Hall–Kier alpha value is -1.36. The van der Waals surface area contributed by atoms with E-state index in [0.717, 1.165) is 11.1 Å². The first-order chi connectivity index (χ1) is 9.20. The number of nitrogens with one attached hydrogen (secondary N) is 1. The predicted octanol–water partition coefficient (Wildman–Crippen LogP) is 2.98. The van der Waals surface area contributed by atoms with Crippen LogP contribution in [0.15, 0.2) is 53.0 Å². The van der Waals surface area contributed by atoms with Gasteiger partial charge in [0, 0.05) is 6.54 Å². The van der Waals surface area contributed by atoms with E-state index in [-0.39, 0.29) is 18.4 Å². The zero-order valence-corrected chi connectivity index (χ0v) is 12.0. The van der Waals surface area contributed by atoms with E-state index >= 15 is 0 Å². The van der Waals surface area contributed by atoms with Gasteiger partial charge in [0.15, 0.2) is 0 Å². The highest BCUT2D eigenvalue weighted by molar-refractivity contribution is 9.10. The Labute approximate surface area is 121 Å². The van der Waals surface area contributed by atoms with E-state index in [1.165, 1.54) is 0 Å². The molecule has 2 rings (SSSR count). The van der Waals surface area contributed by atoms with Crippen LogP contribution in [0.1, 0.15) is 17.2 Å². The number of hydrogen-bond donors (Lipinski definition) is 3. The minimum atomic E-state index is -0.0891. The largest absolute Gasteiger partial charge is 0.507 e. The minimum absolute atomic E-state index is 0.0449. The van der Waals surface area contributed by atoms with Gasteiger partial charge in [0.2, 0.25) is 0 Å². The van der Waals surface area contributed by atoms with E-state index < -0.39 is 0 Å². The molecule has 0 bridgehead atoms. The van der Waals surface area contributed by atoms with Crippen molar-refractivity contribution < 1.29 is 10.2 Å². The summed E-state index contributed by atoms with van der Waals surface area (Å²) < 4.78 is 0.673. The molecule has 0 amide bonds. The Bertz CT molecular complexity index is 531. The molecule has 19 heavy (non-hydrogen) atoms. The maximum Gasteiger partial charge on any atom is 0.129 e. The van der Waals surface area contributed by atoms with Crippen molar-refractivity contribution in [2.75, 3.05) is 6.61 Å². The van der Waals surface area contributed by atoms with E-state index in [2.05, 4.69) is 21.2 Å². The number of rotatable bonds is 5. The van der Waals surface area contributed by atoms with Crippen LogP contribution in [0.25, 0.3) is 0 Å². The van der Waals surface area contributed by atoms with Gasteiger partial charge >= 0.3 is 0 Å². The number of benzene rings is 2. The summed E-state index contributed by atoms with van der Waals surface area (Å²) in [5.74, 6) is 0.227. The number of phenolic OH excluding ortho intramolecular Hbond substituents is 1. The molecular formula is C15H16BrNO2. The third kappa shape index (κ3) is 3.80. The summed E-state index contributed by atoms with van der Waals surface area (Å²) in [6.45, 7) is 0.669. The van der Waals surface area contributed by atoms with Crippen molar-refractivity contribution in [3.63, 3.8) is 0 Å². The Morgan fingerprint density at radius 3 is 2.47 bits per heavy atom. The second-order valence-electron chi connectivity index (χ2n) is 4.31. The number of aliphatic hydroxyl groups excluding tert-OH is 1. The SMILES string of the molecule is OC[C@@H](NCc1ccc(O)c(Br)c1)c1ccccc1. The van der Waals surface area contributed by atoms with Crippen molar-refractivity contribution in [3.8, 4) is 5.75 Å². The fraction of sp³-hybridized carbons (Fsp3) is 0.200. The molecule has 1 atom stereocenters. The van der Waals surface area contributed by atoms with E-state index in [1.807, 2.05) is 42.5 Å². The van der Waals surface area contributed by atoms with Gasteiger partial charge in [-0.25, -0.2) is 0 Å². The number of halogens is 1. The first kappa shape index (κ1) is 14.1. The van der Waals surface area contributed by atoms with Gasteiger partial charge in [-0.05, 0) is 39.2 Å². The lowest BCUT2D eigenvalue weighted by Crippen LogP contribution is -2.23. The zero-order chi connectivity index (χ0) is 13.7. The van der Waals surface area contributed by atoms with Gasteiger partial charge in [0.1, 0.15) is 5.75 Å². The molecule has 2 aromatic carbocycles. The van der Waals surface area contributed by atoms with E-state index in [4.69, 9.17) is 0 Å². The van der Waals surface area contributed by atoms with Crippen molar-refractivity contribution in [1.82, 2.24) is 5.32 Å². The third-order valence-corrected chi connectivity index (χ3v) is 3.58. The molecule has 0 heterocycles.